The summed E-state index contributed by atoms with van der Waals surface area (Å²) in [6, 6.07) is 7.90. The summed E-state index contributed by atoms with van der Waals surface area (Å²) in [5.74, 6) is 1.40. The summed E-state index contributed by atoms with van der Waals surface area (Å²) in [4.78, 5) is 16.3. The quantitative estimate of drug-likeness (QED) is 0.523. The summed E-state index contributed by atoms with van der Waals surface area (Å²) in [5.41, 5.74) is 1.95. The molecule has 2 aromatic rings. The van der Waals surface area contributed by atoms with Gasteiger partial charge in [-0.1, -0.05) is 28.0 Å². The van der Waals surface area contributed by atoms with Gasteiger partial charge in [0.15, 0.2) is 0 Å². The highest BCUT2D eigenvalue weighted by Crippen LogP contribution is 2.39. The number of aromatic nitrogens is 1. The molecule has 0 bridgehead atoms. The molecule has 3 nitrogen and oxygen atoms in total. The van der Waals surface area contributed by atoms with Gasteiger partial charge in [0.25, 0.3) is 0 Å². The number of anilines is 1. The first kappa shape index (κ1) is 16.9. The fourth-order valence-corrected chi connectivity index (χ4v) is 6.18. The molecule has 2 heterocycles. The molecule has 1 N–H and O–H groups in total. The number of nitrogens with zero attached hydrogens (tertiary/aromatic N) is 1. The van der Waals surface area contributed by atoms with Crippen molar-refractivity contribution in [2.75, 3.05) is 11.1 Å². The van der Waals surface area contributed by atoms with E-state index in [9.17, 15) is 4.79 Å². The van der Waals surface area contributed by atoms with E-state index in [-0.39, 0.29) is 5.91 Å². The monoisotopic (exact) mass is 364 g/mol. The number of rotatable bonds is 7. The molecule has 0 aliphatic carbocycles. The standard InChI is InChI=1S/C17H20N2OS3/c20-16(4-2-1-3-15-9-11-22-23-15)19-14-7-5-13(6-8-14)17-18-10-12-21-17/h5-8,10,12,15H,1-4,9,11H2,(H,19,20). The Labute approximate surface area is 149 Å². The van der Waals surface area contributed by atoms with Crippen LogP contribution in [0.25, 0.3) is 10.6 Å². The van der Waals surface area contributed by atoms with Gasteiger partial charge >= 0.3 is 0 Å². The number of hydrogen-bond donors (Lipinski definition) is 1. The van der Waals surface area contributed by atoms with Gasteiger partial charge in [0, 0.05) is 40.3 Å². The number of thiazole rings is 1. The van der Waals surface area contributed by atoms with Gasteiger partial charge in [-0.05, 0) is 43.5 Å². The van der Waals surface area contributed by atoms with E-state index in [2.05, 4.69) is 10.3 Å². The topological polar surface area (TPSA) is 42.0 Å². The maximum atomic E-state index is 12.0. The minimum atomic E-state index is 0.112. The summed E-state index contributed by atoms with van der Waals surface area (Å²) in [5, 5.41) is 6.76. The SMILES string of the molecule is O=C(CCCCC1CCSS1)Nc1ccc(-c2nccs2)cc1. The lowest BCUT2D eigenvalue weighted by Gasteiger charge is -2.08. The van der Waals surface area contributed by atoms with Crippen molar-refractivity contribution in [3.8, 4) is 10.6 Å². The molecule has 1 saturated heterocycles. The molecule has 1 aromatic heterocycles. The van der Waals surface area contributed by atoms with Gasteiger partial charge in [-0.25, -0.2) is 4.98 Å². The minimum absolute atomic E-state index is 0.112. The van der Waals surface area contributed by atoms with E-state index in [4.69, 9.17) is 0 Å². The molecule has 6 heteroatoms. The molecule has 1 atom stereocenters. The highest BCUT2D eigenvalue weighted by atomic mass is 33.1. The number of nitrogens with one attached hydrogen (secondary N) is 1. The fraction of sp³-hybridized carbons (Fsp3) is 0.412. The second kappa shape index (κ2) is 8.76. The first-order valence-corrected chi connectivity index (χ1v) is 11.2. The third-order valence-corrected chi connectivity index (χ3v) is 7.58. The van der Waals surface area contributed by atoms with Crippen LogP contribution in [0.4, 0.5) is 5.69 Å². The van der Waals surface area contributed by atoms with Crippen molar-refractivity contribution in [1.29, 1.82) is 0 Å². The second-order valence-electron chi connectivity index (χ2n) is 5.54. The van der Waals surface area contributed by atoms with E-state index in [1.165, 1.54) is 18.6 Å². The van der Waals surface area contributed by atoms with Gasteiger partial charge in [0.05, 0.1) is 0 Å². The van der Waals surface area contributed by atoms with Crippen LogP contribution in [0.1, 0.15) is 32.1 Å². The molecule has 1 aliphatic rings. The molecule has 1 amide bonds. The highest BCUT2D eigenvalue weighted by Gasteiger charge is 2.15. The van der Waals surface area contributed by atoms with Crippen molar-refractivity contribution in [3.05, 3.63) is 35.8 Å². The summed E-state index contributed by atoms with van der Waals surface area (Å²) in [6.07, 6.45) is 7.11. The predicted octanol–water partition coefficient (Wildman–Crippen LogP) is 5.46. The number of benzene rings is 1. The van der Waals surface area contributed by atoms with Crippen LogP contribution in [0.2, 0.25) is 0 Å². The molecule has 0 saturated carbocycles. The van der Waals surface area contributed by atoms with Crippen molar-refractivity contribution < 1.29 is 4.79 Å². The Balaban J connectivity index is 1.39. The molecular weight excluding hydrogens is 344 g/mol. The van der Waals surface area contributed by atoms with Crippen LogP contribution in [-0.2, 0) is 4.79 Å². The largest absolute Gasteiger partial charge is 0.326 e. The lowest BCUT2D eigenvalue weighted by atomic mass is 10.1. The van der Waals surface area contributed by atoms with Gasteiger partial charge in [-0.3, -0.25) is 4.79 Å². The summed E-state index contributed by atoms with van der Waals surface area (Å²) in [6.45, 7) is 0. The molecule has 0 radical (unpaired) electrons. The Morgan fingerprint density at radius 1 is 1.26 bits per heavy atom. The third-order valence-electron chi connectivity index (χ3n) is 3.76. The molecule has 1 unspecified atom stereocenters. The van der Waals surface area contributed by atoms with E-state index in [0.717, 1.165) is 34.4 Å². The van der Waals surface area contributed by atoms with Gasteiger partial charge < -0.3 is 5.32 Å². The van der Waals surface area contributed by atoms with Crippen LogP contribution in [0.5, 0.6) is 0 Å². The molecule has 3 rings (SSSR count). The molecule has 1 aliphatic heterocycles. The normalized spacial score (nSPS) is 17.3. The molecule has 23 heavy (non-hydrogen) atoms. The van der Waals surface area contributed by atoms with E-state index < -0.39 is 0 Å². The first-order chi connectivity index (χ1) is 11.3. The summed E-state index contributed by atoms with van der Waals surface area (Å²) < 4.78 is 0. The molecule has 122 valence electrons. The van der Waals surface area contributed by atoms with Crippen molar-refractivity contribution in [3.63, 3.8) is 0 Å². The zero-order valence-corrected chi connectivity index (χ0v) is 15.3. The smallest absolute Gasteiger partial charge is 0.224 e. The summed E-state index contributed by atoms with van der Waals surface area (Å²) >= 11 is 1.62. The lowest BCUT2D eigenvalue weighted by molar-refractivity contribution is -0.116. The lowest BCUT2D eigenvalue weighted by Crippen LogP contribution is -2.11. The number of amides is 1. The Kier molecular flexibility index (Phi) is 6.42. The number of hydrogen-bond acceptors (Lipinski definition) is 5. The summed E-state index contributed by atoms with van der Waals surface area (Å²) in [7, 11) is 4.00. The predicted molar refractivity (Wildman–Crippen MR) is 103 cm³/mol. The van der Waals surface area contributed by atoms with Crippen LogP contribution in [0, 0.1) is 0 Å². The Morgan fingerprint density at radius 2 is 2.13 bits per heavy atom. The van der Waals surface area contributed by atoms with Crippen molar-refractivity contribution in [1.82, 2.24) is 4.98 Å². The first-order valence-electron chi connectivity index (χ1n) is 7.89. The minimum Gasteiger partial charge on any atom is -0.326 e. The average Bonchev–Trinajstić information content (AvgIpc) is 3.26. The van der Waals surface area contributed by atoms with Crippen molar-refractivity contribution >= 4 is 44.5 Å². The molecule has 1 fully saturated rings. The van der Waals surface area contributed by atoms with Gasteiger partial charge in [-0.15, -0.1) is 11.3 Å². The van der Waals surface area contributed by atoms with Gasteiger partial charge in [-0.2, -0.15) is 0 Å². The highest BCUT2D eigenvalue weighted by molar-refractivity contribution is 8.77. The van der Waals surface area contributed by atoms with Gasteiger partial charge in [0.2, 0.25) is 5.91 Å². The maximum Gasteiger partial charge on any atom is 0.224 e. The molecule has 0 spiro atoms. The van der Waals surface area contributed by atoms with Crippen LogP contribution in [0.15, 0.2) is 35.8 Å². The van der Waals surface area contributed by atoms with Crippen molar-refractivity contribution in [2.45, 2.75) is 37.4 Å². The zero-order chi connectivity index (χ0) is 15.9. The van der Waals surface area contributed by atoms with Crippen molar-refractivity contribution in [2.24, 2.45) is 0 Å². The fourth-order valence-electron chi connectivity index (χ4n) is 2.51. The average molecular weight is 365 g/mol. The molecule has 1 aromatic carbocycles. The number of carbonyl (C=O) groups excluding carboxylic acids is 1. The van der Waals surface area contributed by atoms with Gasteiger partial charge in [0.1, 0.15) is 5.01 Å². The van der Waals surface area contributed by atoms with Crippen LogP contribution >= 0.6 is 32.9 Å². The number of unbranched alkanes of at least 4 members (excludes halogenated alkanes) is 1. The zero-order valence-electron chi connectivity index (χ0n) is 12.9. The molecular formula is C17H20N2OS3. The Morgan fingerprint density at radius 3 is 2.83 bits per heavy atom. The van der Waals surface area contributed by atoms with E-state index in [1.54, 1.807) is 17.5 Å². The number of carbonyl (C=O) groups is 1. The Hall–Kier alpha value is -0.980. The third kappa shape index (κ3) is 5.26. The van der Waals surface area contributed by atoms with E-state index >= 15 is 0 Å². The van der Waals surface area contributed by atoms with E-state index in [0.29, 0.717) is 6.42 Å². The van der Waals surface area contributed by atoms with Crippen LogP contribution < -0.4 is 5.32 Å². The van der Waals surface area contributed by atoms with Crippen LogP contribution in [0.3, 0.4) is 0 Å². The van der Waals surface area contributed by atoms with Crippen LogP contribution in [-0.4, -0.2) is 21.9 Å². The Bertz CT molecular complexity index is 607. The maximum absolute atomic E-state index is 12.0. The second-order valence-corrected chi connectivity index (χ2v) is 9.22. The van der Waals surface area contributed by atoms with E-state index in [1.807, 2.05) is 51.2 Å².